The lowest BCUT2D eigenvalue weighted by atomic mass is 9.88. The van der Waals surface area contributed by atoms with Crippen molar-refractivity contribution >= 4 is 5.91 Å². The zero-order chi connectivity index (χ0) is 16.4. The number of amides is 1. The summed E-state index contributed by atoms with van der Waals surface area (Å²) < 4.78 is 11.7. The fraction of sp³-hybridized carbons (Fsp3) is 0.632. The van der Waals surface area contributed by atoms with Crippen molar-refractivity contribution in [3.63, 3.8) is 0 Å². The van der Waals surface area contributed by atoms with Gasteiger partial charge in [-0.15, -0.1) is 0 Å². The summed E-state index contributed by atoms with van der Waals surface area (Å²) in [4.78, 5) is 16.9. The highest BCUT2D eigenvalue weighted by molar-refractivity contribution is 5.78. The van der Waals surface area contributed by atoms with Crippen LogP contribution < -0.4 is 4.74 Å². The summed E-state index contributed by atoms with van der Waals surface area (Å²) in [5.41, 5.74) is 1.24. The van der Waals surface area contributed by atoms with Gasteiger partial charge in [0.25, 0.3) is 0 Å². The quantitative estimate of drug-likeness (QED) is 0.832. The van der Waals surface area contributed by atoms with Gasteiger partial charge >= 0.3 is 0 Å². The lowest BCUT2D eigenvalue weighted by Gasteiger charge is -2.39. The first-order valence-electron chi connectivity index (χ1n) is 9.09. The van der Waals surface area contributed by atoms with Crippen molar-refractivity contribution in [2.75, 3.05) is 39.4 Å². The Morgan fingerprint density at radius 3 is 2.71 bits per heavy atom. The van der Waals surface area contributed by atoms with E-state index in [-0.39, 0.29) is 11.5 Å². The molecule has 0 atom stereocenters. The van der Waals surface area contributed by atoms with Gasteiger partial charge in [-0.2, -0.15) is 0 Å². The van der Waals surface area contributed by atoms with E-state index < -0.39 is 0 Å². The van der Waals surface area contributed by atoms with Crippen molar-refractivity contribution < 1.29 is 14.3 Å². The van der Waals surface area contributed by atoms with E-state index in [0.29, 0.717) is 13.2 Å². The van der Waals surface area contributed by atoms with Crippen molar-refractivity contribution in [3.05, 3.63) is 29.8 Å². The van der Waals surface area contributed by atoms with Gasteiger partial charge in [-0.3, -0.25) is 9.69 Å². The second kappa shape index (κ2) is 6.73. The van der Waals surface area contributed by atoms with E-state index in [1.165, 1.54) is 12.0 Å². The smallest absolute Gasteiger partial charge is 0.236 e. The number of carbonyl (C=O) groups excluding carboxylic acids is 1. The highest BCUT2D eigenvalue weighted by Crippen LogP contribution is 2.35. The van der Waals surface area contributed by atoms with Crippen LogP contribution in [0.15, 0.2) is 24.3 Å². The minimum absolute atomic E-state index is 0.0756. The summed E-state index contributed by atoms with van der Waals surface area (Å²) >= 11 is 0. The van der Waals surface area contributed by atoms with Crippen LogP contribution in [-0.2, 0) is 16.1 Å². The molecule has 2 saturated heterocycles. The van der Waals surface area contributed by atoms with E-state index in [1.807, 2.05) is 23.1 Å². The molecule has 3 heterocycles. The van der Waals surface area contributed by atoms with E-state index >= 15 is 0 Å². The monoisotopic (exact) mass is 330 g/mol. The molecule has 4 rings (SSSR count). The lowest BCUT2D eigenvalue weighted by molar-refractivity contribution is -0.137. The number of carbonyl (C=O) groups is 1. The number of benzene rings is 1. The highest BCUT2D eigenvalue weighted by atomic mass is 16.5. The van der Waals surface area contributed by atoms with Crippen LogP contribution in [0.5, 0.6) is 5.75 Å². The van der Waals surface area contributed by atoms with Gasteiger partial charge < -0.3 is 14.4 Å². The maximum atomic E-state index is 12.7. The molecule has 0 unspecified atom stereocenters. The Kier molecular flexibility index (Phi) is 4.46. The Morgan fingerprint density at radius 1 is 1.08 bits per heavy atom. The number of piperidine rings is 1. The first-order valence-corrected chi connectivity index (χ1v) is 9.09. The highest BCUT2D eigenvalue weighted by Gasteiger charge is 2.39. The van der Waals surface area contributed by atoms with Crippen LogP contribution in [0.2, 0.25) is 0 Å². The van der Waals surface area contributed by atoms with Gasteiger partial charge in [-0.1, -0.05) is 18.2 Å². The maximum absolute atomic E-state index is 12.7. The van der Waals surface area contributed by atoms with Gasteiger partial charge in [0, 0.05) is 38.3 Å². The minimum Gasteiger partial charge on any atom is -0.492 e. The van der Waals surface area contributed by atoms with Gasteiger partial charge in [0.1, 0.15) is 12.4 Å². The van der Waals surface area contributed by atoms with E-state index in [4.69, 9.17) is 9.47 Å². The average molecular weight is 330 g/mol. The fourth-order valence-corrected chi connectivity index (χ4v) is 4.12. The van der Waals surface area contributed by atoms with Crippen molar-refractivity contribution in [1.29, 1.82) is 0 Å². The number of hydrogen-bond acceptors (Lipinski definition) is 4. The Bertz CT molecular complexity index is 588. The molecule has 130 valence electrons. The van der Waals surface area contributed by atoms with Gasteiger partial charge in [0.2, 0.25) is 5.91 Å². The molecule has 24 heavy (non-hydrogen) atoms. The first kappa shape index (κ1) is 15.9. The van der Waals surface area contributed by atoms with E-state index in [2.05, 4.69) is 11.0 Å². The fourth-order valence-electron chi connectivity index (χ4n) is 4.12. The summed E-state index contributed by atoms with van der Waals surface area (Å²) in [5, 5.41) is 0. The normalized spacial score (nSPS) is 23.6. The maximum Gasteiger partial charge on any atom is 0.236 e. The largest absolute Gasteiger partial charge is 0.492 e. The summed E-state index contributed by atoms with van der Waals surface area (Å²) in [6, 6.07) is 8.11. The molecule has 0 radical (unpaired) electrons. The van der Waals surface area contributed by atoms with Crippen LogP contribution in [0.3, 0.4) is 0 Å². The number of likely N-dealkylation sites (tertiary alicyclic amines) is 1. The predicted octanol–water partition coefficient (Wildman–Crippen LogP) is 2.05. The lowest BCUT2D eigenvalue weighted by Crippen LogP contribution is -2.49. The second-order valence-corrected chi connectivity index (χ2v) is 7.18. The van der Waals surface area contributed by atoms with E-state index in [1.54, 1.807) is 0 Å². The summed E-state index contributed by atoms with van der Waals surface area (Å²) in [6.07, 6.45) is 4.31. The molecule has 1 aromatic carbocycles. The second-order valence-electron chi connectivity index (χ2n) is 7.18. The molecule has 5 heteroatoms. The molecular weight excluding hydrogens is 304 g/mol. The van der Waals surface area contributed by atoms with E-state index in [9.17, 15) is 4.79 Å². The molecule has 1 spiro atoms. The predicted molar refractivity (Wildman–Crippen MR) is 90.9 cm³/mol. The number of nitrogens with zero attached hydrogens (tertiary/aromatic N) is 2. The van der Waals surface area contributed by atoms with Gasteiger partial charge in [0.15, 0.2) is 0 Å². The van der Waals surface area contributed by atoms with E-state index in [0.717, 1.165) is 57.8 Å². The van der Waals surface area contributed by atoms with Crippen LogP contribution in [0, 0.1) is 0 Å². The molecule has 0 aromatic heterocycles. The molecule has 0 aliphatic carbocycles. The molecule has 0 bridgehead atoms. The summed E-state index contributed by atoms with van der Waals surface area (Å²) in [6.45, 7) is 5.25. The third-order valence-electron chi connectivity index (χ3n) is 5.60. The minimum atomic E-state index is 0.0756. The number of hydrogen-bond donors (Lipinski definition) is 0. The zero-order valence-corrected chi connectivity index (χ0v) is 14.2. The topological polar surface area (TPSA) is 42.0 Å². The molecular formula is C19H26N2O3. The molecule has 0 N–H and O–H groups in total. The summed E-state index contributed by atoms with van der Waals surface area (Å²) in [7, 11) is 0. The first-order chi connectivity index (χ1) is 11.7. The summed E-state index contributed by atoms with van der Waals surface area (Å²) in [5.74, 6) is 1.19. The molecule has 1 amide bonds. The molecule has 2 fully saturated rings. The van der Waals surface area contributed by atoms with Crippen LogP contribution >= 0.6 is 0 Å². The van der Waals surface area contributed by atoms with Crippen molar-refractivity contribution in [2.45, 2.75) is 37.8 Å². The number of rotatable bonds is 2. The molecule has 0 saturated carbocycles. The Labute approximate surface area is 143 Å². The molecule has 5 nitrogen and oxygen atoms in total. The van der Waals surface area contributed by atoms with Crippen LogP contribution in [0.4, 0.5) is 0 Å². The van der Waals surface area contributed by atoms with Crippen LogP contribution in [0.1, 0.15) is 31.2 Å². The van der Waals surface area contributed by atoms with Crippen LogP contribution in [-0.4, -0.2) is 60.7 Å². The zero-order valence-electron chi connectivity index (χ0n) is 14.2. The SMILES string of the molecule is O=C(CN1CCOc2ccccc2C1)N1CCC2(CCCO2)CC1. The standard InChI is InChI=1S/C19H26N2O3/c22-18(21-9-7-19(8-10-21)6-3-12-24-19)15-20-11-13-23-17-5-2-1-4-16(17)14-20/h1-2,4-5H,3,6-15H2. The van der Waals surface area contributed by atoms with Crippen molar-refractivity contribution in [2.24, 2.45) is 0 Å². The van der Waals surface area contributed by atoms with Gasteiger partial charge in [-0.05, 0) is 31.7 Å². The number of para-hydroxylation sites is 1. The number of ether oxygens (including phenoxy) is 2. The third-order valence-corrected chi connectivity index (χ3v) is 5.60. The Balaban J connectivity index is 1.33. The molecule has 3 aliphatic rings. The number of fused-ring (bicyclic) bond motifs is 1. The van der Waals surface area contributed by atoms with Gasteiger partial charge in [0.05, 0.1) is 12.1 Å². The van der Waals surface area contributed by atoms with Gasteiger partial charge in [-0.25, -0.2) is 0 Å². The Morgan fingerprint density at radius 2 is 1.92 bits per heavy atom. The molecule has 3 aliphatic heterocycles. The molecule has 1 aromatic rings. The third kappa shape index (κ3) is 3.28. The average Bonchev–Trinajstić information content (AvgIpc) is 2.94. The van der Waals surface area contributed by atoms with Crippen molar-refractivity contribution in [1.82, 2.24) is 9.80 Å². The van der Waals surface area contributed by atoms with Crippen LogP contribution in [0.25, 0.3) is 0 Å². The Hall–Kier alpha value is -1.59. The van der Waals surface area contributed by atoms with Crippen molar-refractivity contribution in [3.8, 4) is 5.75 Å².